The van der Waals surface area contributed by atoms with Crippen LogP contribution in [0.4, 0.5) is 10.5 Å². The number of nitrogens with zero attached hydrogens (tertiary/aromatic N) is 1. The Morgan fingerprint density at radius 3 is 2.44 bits per heavy atom. The van der Waals surface area contributed by atoms with E-state index in [1.807, 2.05) is 35.7 Å². The van der Waals surface area contributed by atoms with Gasteiger partial charge in [0.25, 0.3) is 5.91 Å². The Bertz CT molecular complexity index is 1170. The molecule has 0 radical (unpaired) electrons. The summed E-state index contributed by atoms with van der Waals surface area (Å²) in [5.41, 5.74) is 2.54. The summed E-state index contributed by atoms with van der Waals surface area (Å²) in [5, 5.41) is 7.80. The predicted molar refractivity (Wildman–Crippen MR) is 131 cm³/mol. The van der Waals surface area contributed by atoms with E-state index in [0.717, 1.165) is 11.1 Å². The van der Waals surface area contributed by atoms with Crippen molar-refractivity contribution in [2.24, 2.45) is 0 Å². The van der Waals surface area contributed by atoms with Crippen molar-refractivity contribution in [2.45, 2.75) is 12.5 Å². The van der Waals surface area contributed by atoms with Crippen LogP contribution in [0.2, 0.25) is 0 Å². The normalized spacial score (nSPS) is 14.7. The highest BCUT2D eigenvalue weighted by atomic mass is 32.1. The molecule has 0 fully saturated rings. The van der Waals surface area contributed by atoms with Gasteiger partial charge in [0.1, 0.15) is 5.75 Å². The summed E-state index contributed by atoms with van der Waals surface area (Å²) >= 11 is 1.37. The van der Waals surface area contributed by atoms with E-state index in [1.54, 1.807) is 44.4 Å². The highest BCUT2D eigenvalue weighted by Gasteiger charge is 2.33. The maximum absolute atomic E-state index is 13.4. The summed E-state index contributed by atoms with van der Waals surface area (Å²) in [6, 6.07) is 14.0. The van der Waals surface area contributed by atoms with Gasteiger partial charge in [0.05, 0.1) is 37.9 Å². The summed E-state index contributed by atoms with van der Waals surface area (Å²) in [4.78, 5) is 28.4. The second kappa shape index (κ2) is 10.5. The third kappa shape index (κ3) is 4.79. The third-order valence-electron chi connectivity index (χ3n) is 5.81. The zero-order valence-corrected chi connectivity index (χ0v) is 20.1. The van der Waals surface area contributed by atoms with Crippen LogP contribution in [0.3, 0.4) is 0 Å². The summed E-state index contributed by atoms with van der Waals surface area (Å²) in [6.45, 7) is 0.724. The van der Waals surface area contributed by atoms with E-state index in [0.29, 0.717) is 40.8 Å². The molecule has 0 spiro atoms. The second-order valence-corrected chi connectivity index (χ2v) is 8.63. The number of thiophene rings is 1. The smallest absolute Gasteiger partial charge is 0.322 e. The molecule has 3 amide bonds. The molecule has 1 atom stereocenters. The monoisotopic (exact) mass is 481 g/mol. The molecule has 8 nitrogen and oxygen atoms in total. The van der Waals surface area contributed by atoms with Crippen LogP contribution in [0.25, 0.3) is 0 Å². The molecule has 0 saturated heterocycles. The van der Waals surface area contributed by atoms with Gasteiger partial charge in [-0.1, -0.05) is 18.2 Å². The number of rotatable bonds is 7. The van der Waals surface area contributed by atoms with E-state index in [-0.39, 0.29) is 18.5 Å². The topological polar surface area (TPSA) is 89.1 Å². The molecule has 0 aliphatic carbocycles. The molecule has 2 aromatic carbocycles. The molecule has 1 aliphatic rings. The van der Waals surface area contributed by atoms with Gasteiger partial charge in [-0.3, -0.25) is 4.79 Å². The van der Waals surface area contributed by atoms with Gasteiger partial charge in [0.15, 0.2) is 11.5 Å². The standard InChI is InChI=1S/C25H27N3O5S/c1-31-20-8-5-4-7-18(20)27-25(30)28-11-10-16-13-21(32-2)22(33-3)14-17(16)19(28)15-26-24(29)23-9-6-12-34-23/h4-9,12-14,19H,10-11,15H2,1-3H3,(H,26,29)(H,27,30). The quantitative estimate of drug-likeness (QED) is 0.524. The number of carbonyl (C=O) groups is 2. The Balaban J connectivity index is 1.64. The molecule has 0 saturated carbocycles. The number of hydrogen-bond donors (Lipinski definition) is 2. The number of carbonyl (C=O) groups excluding carboxylic acids is 2. The van der Waals surface area contributed by atoms with E-state index < -0.39 is 6.04 Å². The molecule has 4 rings (SSSR count). The predicted octanol–water partition coefficient (Wildman–Crippen LogP) is 4.34. The molecule has 34 heavy (non-hydrogen) atoms. The Hall–Kier alpha value is -3.72. The minimum absolute atomic E-state index is 0.173. The second-order valence-electron chi connectivity index (χ2n) is 7.68. The Kier molecular flexibility index (Phi) is 7.22. The molecule has 1 aromatic heterocycles. The van der Waals surface area contributed by atoms with Crippen molar-refractivity contribution < 1.29 is 23.8 Å². The van der Waals surface area contributed by atoms with Gasteiger partial charge in [-0.15, -0.1) is 11.3 Å². The Morgan fingerprint density at radius 1 is 1.00 bits per heavy atom. The maximum Gasteiger partial charge on any atom is 0.322 e. The largest absolute Gasteiger partial charge is 0.495 e. The van der Waals surface area contributed by atoms with Crippen molar-refractivity contribution in [2.75, 3.05) is 39.7 Å². The van der Waals surface area contributed by atoms with Gasteiger partial charge in [0, 0.05) is 13.1 Å². The Morgan fingerprint density at radius 2 is 1.74 bits per heavy atom. The number of fused-ring (bicyclic) bond motifs is 1. The van der Waals surface area contributed by atoms with E-state index in [4.69, 9.17) is 14.2 Å². The first kappa shape index (κ1) is 23.4. The first-order chi connectivity index (χ1) is 16.5. The molecular formula is C25H27N3O5S. The average molecular weight is 482 g/mol. The number of para-hydroxylation sites is 2. The van der Waals surface area contributed by atoms with Crippen molar-refractivity contribution >= 4 is 29.0 Å². The molecular weight excluding hydrogens is 454 g/mol. The van der Waals surface area contributed by atoms with Crippen LogP contribution < -0.4 is 24.8 Å². The minimum atomic E-state index is -0.401. The fraction of sp³-hybridized carbons (Fsp3) is 0.280. The molecule has 2 N–H and O–H groups in total. The van der Waals surface area contributed by atoms with Crippen LogP contribution in [0, 0.1) is 0 Å². The van der Waals surface area contributed by atoms with Crippen LogP contribution in [0.15, 0.2) is 53.9 Å². The van der Waals surface area contributed by atoms with E-state index >= 15 is 0 Å². The molecule has 2 heterocycles. The summed E-state index contributed by atoms with van der Waals surface area (Å²) in [6.07, 6.45) is 0.643. The summed E-state index contributed by atoms with van der Waals surface area (Å²) < 4.78 is 16.3. The van der Waals surface area contributed by atoms with Crippen LogP contribution in [0.5, 0.6) is 17.2 Å². The highest BCUT2D eigenvalue weighted by molar-refractivity contribution is 7.12. The molecule has 3 aromatic rings. The molecule has 9 heteroatoms. The van der Waals surface area contributed by atoms with Gasteiger partial charge in [-0.25, -0.2) is 4.79 Å². The first-order valence-corrected chi connectivity index (χ1v) is 11.7. The van der Waals surface area contributed by atoms with E-state index in [2.05, 4.69) is 10.6 Å². The summed E-state index contributed by atoms with van der Waals surface area (Å²) in [7, 11) is 4.73. The number of benzene rings is 2. The van der Waals surface area contributed by atoms with Crippen molar-refractivity contribution in [3.8, 4) is 17.2 Å². The van der Waals surface area contributed by atoms with Crippen molar-refractivity contribution in [3.05, 3.63) is 69.9 Å². The molecule has 0 bridgehead atoms. The van der Waals surface area contributed by atoms with Gasteiger partial charge < -0.3 is 29.7 Å². The Labute approximate surface area is 202 Å². The number of methoxy groups -OCH3 is 3. The lowest BCUT2D eigenvalue weighted by molar-refractivity contribution is 0.0940. The molecule has 178 valence electrons. The SMILES string of the molecule is COc1ccccc1NC(=O)N1CCc2cc(OC)c(OC)cc2C1CNC(=O)c1cccs1. The van der Waals surface area contributed by atoms with Crippen molar-refractivity contribution in [1.82, 2.24) is 10.2 Å². The number of hydrogen-bond acceptors (Lipinski definition) is 6. The average Bonchev–Trinajstić information content (AvgIpc) is 3.41. The zero-order chi connectivity index (χ0) is 24.1. The fourth-order valence-corrected chi connectivity index (χ4v) is 4.75. The van der Waals surface area contributed by atoms with Gasteiger partial charge in [0.2, 0.25) is 0 Å². The molecule has 1 unspecified atom stereocenters. The minimum Gasteiger partial charge on any atom is -0.495 e. The van der Waals surface area contributed by atoms with Gasteiger partial charge >= 0.3 is 6.03 Å². The van der Waals surface area contributed by atoms with Gasteiger partial charge in [-0.05, 0) is 53.3 Å². The van der Waals surface area contributed by atoms with Crippen LogP contribution in [-0.4, -0.2) is 51.3 Å². The zero-order valence-electron chi connectivity index (χ0n) is 19.3. The lowest BCUT2D eigenvalue weighted by atomic mass is 9.91. The lowest BCUT2D eigenvalue weighted by Crippen LogP contribution is -2.46. The van der Waals surface area contributed by atoms with Crippen LogP contribution >= 0.6 is 11.3 Å². The van der Waals surface area contributed by atoms with E-state index in [1.165, 1.54) is 11.3 Å². The van der Waals surface area contributed by atoms with Crippen LogP contribution in [-0.2, 0) is 6.42 Å². The van der Waals surface area contributed by atoms with Gasteiger partial charge in [-0.2, -0.15) is 0 Å². The number of urea groups is 1. The van der Waals surface area contributed by atoms with Crippen molar-refractivity contribution in [3.63, 3.8) is 0 Å². The highest BCUT2D eigenvalue weighted by Crippen LogP contribution is 2.38. The lowest BCUT2D eigenvalue weighted by Gasteiger charge is -2.38. The fourth-order valence-electron chi connectivity index (χ4n) is 4.11. The molecule has 1 aliphatic heterocycles. The summed E-state index contributed by atoms with van der Waals surface area (Å²) in [5.74, 6) is 1.60. The number of amides is 3. The number of nitrogens with one attached hydrogen (secondary N) is 2. The van der Waals surface area contributed by atoms with E-state index in [9.17, 15) is 9.59 Å². The number of ether oxygens (including phenoxy) is 3. The maximum atomic E-state index is 13.4. The van der Waals surface area contributed by atoms with Crippen molar-refractivity contribution in [1.29, 1.82) is 0 Å². The van der Waals surface area contributed by atoms with Crippen LogP contribution in [0.1, 0.15) is 26.8 Å². The first-order valence-electron chi connectivity index (χ1n) is 10.8. The third-order valence-corrected chi connectivity index (χ3v) is 6.68. The number of anilines is 1.